The molecule has 0 unspecified atom stereocenters. The summed E-state index contributed by atoms with van der Waals surface area (Å²) in [7, 11) is 2.16. The molecule has 1 aliphatic heterocycles. The maximum absolute atomic E-state index is 12.5. The molecule has 1 aliphatic carbocycles. The van der Waals surface area contributed by atoms with Gasteiger partial charge in [-0.2, -0.15) is 0 Å². The van der Waals surface area contributed by atoms with E-state index in [4.69, 9.17) is 0 Å². The molecule has 5 heteroatoms. The van der Waals surface area contributed by atoms with E-state index in [1.54, 1.807) is 0 Å². The topological polar surface area (TPSA) is 55.8 Å². The number of nitrogens with one attached hydrogen (secondary N) is 1. The van der Waals surface area contributed by atoms with Crippen LogP contribution in [0.5, 0.6) is 0 Å². The summed E-state index contributed by atoms with van der Waals surface area (Å²) in [6.45, 7) is 5.57. The van der Waals surface area contributed by atoms with E-state index >= 15 is 0 Å². The summed E-state index contributed by atoms with van der Waals surface area (Å²) >= 11 is 0. The van der Waals surface area contributed by atoms with E-state index in [-0.39, 0.29) is 5.91 Å². The van der Waals surface area contributed by atoms with Gasteiger partial charge in [-0.05, 0) is 37.6 Å². The van der Waals surface area contributed by atoms with Crippen LogP contribution in [0, 0.1) is 0 Å². The van der Waals surface area contributed by atoms with Crippen molar-refractivity contribution in [3.63, 3.8) is 0 Å². The van der Waals surface area contributed by atoms with Crippen LogP contribution in [0.4, 0.5) is 0 Å². The van der Waals surface area contributed by atoms with Crippen LogP contribution in [0.15, 0.2) is 24.3 Å². The number of nitrogens with zero attached hydrogens (tertiary/aromatic N) is 2. The Morgan fingerprint density at radius 3 is 2.60 bits per heavy atom. The third-order valence-corrected chi connectivity index (χ3v) is 5.55. The second kappa shape index (κ2) is 8.30. The Balaban J connectivity index is 1.54. The molecule has 138 valence electrons. The smallest absolute Gasteiger partial charge is 0.251 e. The fraction of sp³-hybridized carbons (Fsp3) is 0.650. The minimum atomic E-state index is -0.717. The van der Waals surface area contributed by atoms with Crippen molar-refractivity contribution < 1.29 is 9.90 Å². The zero-order valence-corrected chi connectivity index (χ0v) is 15.3. The molecule has 3 rings (SSSR count). The minimum absolute atomic E-state index is 0.0841. The lowest BCUT2D eigenvalue weighted by Gasteiger charge is -2.32. The lowest BCUT2D eigenvalue weighted by Crippen LogP contribution is -2.44. The number of amides is 1. The van der Waals surface area contributed by atoms with Crippen LogP contribution in [0.1, 0.15) is 48.0 Å². The standard InChI is InChI=1S/C20H31N3O2/c1-22-10-12-23(13-11-22)15-17-6-5-7-18(14-17)19(24)21-16-20(25)8-3-2-4-9-20/h5-7,14,25H,2-4,8-13,15-16H2,1H3,(H,21,24). The number of hydrogen-bond acceptors (Lipinski definition) is 4. The van der Waals surface area contributed by atoms with Gasteiger partial charge in [0, 0.05) is 44.8 Å². The van der Waals surface area contributed by atoms with Gasteiger partial charge in [-0.25, -0.2) is 0 Å². The second-order valence-electron chi connectivity index (χ2n) is 7.75. The molecule has 2 fully saturated rings. The predicted molar refractivity (Wildman–Crippen MR) is 99.6 cm³/mol. The Morgan fingerprint density at radius 1 is 1.16 bits per heavy atom. The Morgan fingerprint density at radius 2 is 1.88 bits per heavy atom. The number of carbonyl (C=O) groups excluding carboxylic acids is 1. The minimum Gasteiger partial charge on any atom is -0.388 e. The van der Waals surface area contributed by atoms with Gasteiger partial charge in [0.05, 0.1) is 5.60 Å². The summed E-state index contributed by atoms with van der Waals surface area (Å²) < 4.78 is 0. The summed E-state index contributed by atoms with van der Waals surface area (Å²) in [4.78, 5) is 17.3. The quantitative estimate of drug-likeness (QED) is 0.855. The average Bonchev–Trinajstić information content (AvgIpc) is 2.63. The van der Waals surface area contributed by atoms with Gasteiger partial charge in [-0.3, -0.25) is 9.69 Å². The van der Waals surface area contributed by atoms with Crippen LogP contribution in [-0.2, 0) is 6.54 Å². The second-order valence-corrected chi connectivity index (χ2v) is 7.75. The molecule has 0 bridgehead atoms. The van der Waals surface area contributed by atoms with Gasteiger partial charge in [0.25, 0.3) is 5.91 Å². The highest BCUT2D eigenvalue weighted by atomic mass is 16.3. The van der Waals surface area contributed by atoms with E-state index in [2.05, 4.69) is 28.2 Å². The van der Waals surface area contributed by atoms with Gasteiger partial charge in [0.2, 0.25) is 0 Å². The highest BCUT2D eigenvalue weighted by Crippen LogP contribution is 2.27. The molecule has 1 saturated carbocycles. The van der Waals surface area contributed by atoms with Crippen molar-refractivity contribution in [2.45, 2.75) is 44.2 Å². The normalized spacial score (nSPS) is 21.8. The summed E-state index contributed by atoms with van der Waals surface area (Å²) in [6.07, 6.45) is 4.86. The highest BCUT2D eigenvalue weighted by Gasteiger charge is 2.29. The van der Waals surface area contributed by atoms with Crippen molar-refractivity contribution in [3.8, 4) is 0 Å². The number of aliphatic hydroxyl groups is 1. The van der Waals surface area contributed by atoms with Crippen molar-refractivity contribution in [3.05, 3.63) is 35.4 Å². The number of hydrogen-bond donors (Lipinski definition) is 2. The molecule has 25 heavy (non-hydrogen) atoms. The van der Waals surface area contributed by atoms with Crippen LogP contribution >= 0.6 is 0 Å². The monoisotopic (exact) mass is 345 g/mol. The molecule has 1 amide bonds. The van der Waals surface area contributed by atoms with Crippen LogP contribution in [0.25, 0.3) is 0 Å². The Bertz CT molecular complexity index is 576. The largest absolute Gasteiger partial charge is 0.388 e. The first-order chi connectivity index (χ1) is 12.0. The molecule has 1 aromatic rings. The van der Waals surface area contributed by atoms with Gasteiger partial charge < -0.3 is 15.3 Å². The van der Waals surface area contributed by atoms with Gasteiger partial charge in [-0.15, -0.1) is 0 Å². The molecular weight excluding hydrogens is 314 g/mol. The number of piperazine rings is 1. The van der Waals surface area contributed by atoms with Crippen molar-refractivity contribution in [2.75, 3.05) is 39.8 Å². The summed E-state index contributed by atoms with van der Waals surface area (Å²) in [6, 6.07) is 7.88. The molecular formula is C20H31N3O2. The van der Waals surface area contributed by atoms with E-state index in [1.165, 1.54) is 12.0 Å². The molecule has 2 N–H and O–H groups in total. The summed E-state index contributed by atoms with van der Waals surface area (Å²) in [5.74, 6) is -0.0841. The number of rotatable bonds is 5. The van der Waals surface area contributed by atoms with E-state index in [0.717, 1.165) is 58.4 Å². The third kappa shape index (κ3) is 5.27. The Kier molecular flexibility index (Phi) is 6.10. The van der Waals surface area contributed by atoms with Gasteiger partial charge in [0.15, 0.2) is 0 Å². The molecule has 1 heterocycles. The van der Waals surface area contributed by atoms with Crippen molar-refractivity contribution in [1.29, 1.82) is 0 Å². The lowest BCUT2D eigenvalue weighted by molar-refractivity contribution is 0.00525. The first kappa shape index (κ1) is 18.4. The molecule has 0 spiro atoms. The van der Waals surface area contributed by atoms with Gasteiger partial charge in [0.1, 0.15) is 0 Å². The van der Waals surface area contributed by atoms with Crippen LogP contribution in [0.3, 0.4) is 0 Å². The lowest BCUT2D eigenvalue weighted by atomic mass is 9.85. The average molecular weight is 345 g/mol. The van der Waals surface area contributed by atoms with Crippen molar-refractivity contribution >= 4 is 5.91 Å². The summed E-state index contributed by atoms with van der Waals surface area (Å²) in [5.41, 5.74) is 1.14. The van der Waals surface area contributed by atoms with E-state index in [0.29, 0.717) is 12.1 Å². The summed E-state index contributed by atoms with van der Waals surface area (Å²) in [5, 5.41) is 13.5. The molecule has 2 aliphatic rings. The molecule has 0 atom stereocenters. The van der Waals surface area contributed by atoms with Crippen LogP contribution in [0.2, 0.25) is 0 Å². The van der Waals surface area contributed by atoms with Gasteiger partial charge in [-0.1, -0.05) is 31.4 Å². The van der Waals surface area contributed by atoms with Crippen molar-refractivity contribution in [2.24, 2.45) is 0 Å². The maximum Gasteiger partial charge on any atom is 0.251 e. The zero-order chi connectivity index (χ0) is 17.7. The maximum atomic E-state index is 12.5. The predicted octanol–water partition coefficient (Wildman–Crippen LogP) is 1.86. The first-order valence-corrected chi connectivity index (χ1v) is 9.55. The highest BCUT2D eigenvalue weighted by molar-refractivity contribution is 5.94. The molecule has 0 aromatic heterocycles. The van der Waals surface area contributed by atoms with Crippen molar-refractivity contribution in [1.82, 2.24) is 15.1 Å². The van der Waals surface area contributed by atoms with E-state index in [1.807, 2.05) is 18.2 Å². The van der Waals surface area contributed by atoms with Crippen LogP contribution in [-0.4, -0.2) is 66.2 Å². The number of likely N-dealkylation sites (N-methyl/N-ethyl adjacent to an activating group) is 1. The fourth-order valence-electron chi connectivity index (χ4n) is 3.81. The first-order valence-electron chi connectivity index (χ1n) is 9.55. The molecule has 1 aromatic carbocycles. The Labute approximate surface area is 151 Å². The fourth-order valence-corrected chi connectivity index (χ4v) is 3.81. The van der Waals surface area contributed by atoms with E-state index in [9.17, 15) is 9.90 Å². The molecule has 1 saturated heterocycles. The number of benzene rings is 1. The SMILES string of the molecule is CN1CCN(Cc2cccc(C(=O)NCC3(O)CCCCC3)c2)CC1. The third-order valence-electron chi connectivity index (χ3n) is 5.55. The van der Waals surface area contributed by atoms with Gasteiger partial charge >= 0.3 is 0 Å². The van der Waals surface area contributed by atoms with E-state index < -0.39 is 5.60 Å². The van der Waals surface area contributed by atoms with Crippen LogP contribution < -0.4 is 5.32 Å². The Hall–Kier alpha value is -1.43. The zero-order valence-electron chi connectivity index (χ0n) is 15.3. The molecule has 5 nitrogen and oxygen atoms in total. The number of carbonyl (C=O) groups is 1. The molecule has 0 radical (unpaired) electrons.